The van der Waals surface area contributed by atoms with E-state index in [1.807, 2.05) is 6.92 Å². The number of ether oxygens (including phenoxy) is 3. The van der Waals surface area contributed by atoms with Gasteiger partial charge in [0, 0.05) is 31.4 Å². The first-order valence-electron chi connectivity index (χ1n) is 26.1. The van der Waals surface area contributed by atoms with E-state index in [0.717, 1.165) is 55.9 Å². The summed E-state index contributed by atoms with van der Waals surface area (Å²) in [6.45, 7) is 1.44. The van der Waals surface area contributed by atoms with Crippen LogP contribution in [0.1, 0.15) is 168 Å². The number of carbonyl (C=O) groups is 3. The smallest absolute Gasteiger partial charge is 0.462 e. The average molecular weight is 1080 g/mol. The molecule has 2 aliphatic rings. The van der Waals surface area contributed by atoms with Crippen molar-refractivity contribution in [3.05, 3.63) is 59.2 Å². The summed E-state index contributed by atoms with van der Waals surface area (Å²) >= 11 is 0. The van der Waals surface area contributed by atoms with E-state index in [9.17, 15) is 58.5 Å². The summed E-state index contributed by atoms with van der Waals surface area (Å²) in [4.78, 5) is 78.2. The number of hydrogen-bond donors (Lipinski definition) is 7. The number of phosphoric ester groups is 2. The second kappa shape index (κ2) is 35.0. The fourth-order valence-electron chi connectivity index (χ4n) is 8.44. The number of Topliss-reactive ketones (excluding diaryl/α,β-unsaturated/α-hetero) is 1. The van der Waals surface area contributed by atoms with E-state index in [-0.39, 0.29) is 25.1 Å². The number of nitrogens with zero attached hydrogens (tertiary/aromatic N) is 2. The number of esters is 2. The Bertz CT molecular complexity index is 2040. The van der Waals surface area contributed by atoms with Crippen molar-refractivity contribution in [2.75, 3.05) is 25.6 Å². The van der Waals surface area contributed by atoms with Crippen molar-refractivity contribution in [2.24, 2.45) is 11.8 Å². The Hall–Kier alpha value is -3.43. The van der Waals surface area contributed by atoms with Gasteiger partial charge in [-0.05, 0) is 57.4 Å². The Morgan fingerprint density at radius 1 is 0.849 bits per heavy atom. The van der Waals surface area contributed by atoms with Gasteiger partial charge in [-0.2, -0.15) is 9.29 Å². The molecule has 0 spiro atoms. The molecule has 0 aliphatic carbocycles. The SMILES string of the molecule is CCCCCC/C=C\C=C/CCCCCCCC(=O)O[C@@H]1COC(=O)CCCCCC[C@@H]2[C@H](n3ccc(N)nc3=O)O[C@H](COP(=O)(O)OP(=O)(O)OC1)[C@@H](O)[C@@H](O)[C@@H](/C=C/[C@@H](O)CCCCC)C(=O)C[C@@H]2O. The molecular formula is C50H83N3O18P2. The minimum Gasteiger partial charge on any atom is -0.462 e. The van der Waals surface area contributed by atoms with Crippen LogP contribution in [-0.4, -0.2) is 114 Å². The zero-order chi connectivity index (χ0) is 53.7. The first-order valence-corrected chi connectivity index (χ1v) is 29.1. The van der Waals surface area contributed by atoms with Crippen LogP contribution in [0.25, 0.3) is 0 Å². The Kier molecular flexibility index (Phi) is 30.6. The van der Waals surface area contributed by atoms with E-state index in [0.29, 0.717) is 44.9 Å². The Morgan fingerprint density at radius 2 is 1.48 bits per heavy atom. The molecule has 1 aromatic heterocycles. The van der Waals surface area contributed by atoms with Crippen LogP contribution < -0.4 is 11.4 Å². The van der Waals surface area contributed by atoms with Crippen LogP contribution in [-0.2, 0) is 51.1 Å². The maximum absolute atomic E-state index is 14.0. The topological polar surface area (TPSA) is 323 Å². The summed E-state index contributed by atoms with van der Waals surface area (Å²) in [6, 6.07) is 1.24. The van der Waals surface area contributed by atoms with Gasteiger partial charge in [0.2, 0.25) is 0 Å². The third-order valence-electron chi connectivity index (χ3n) is 12.6. The van der Waals surface area contributed by atoms with Crippen molar-refractivity contribution in [3.63, 3.8) is 0 Å². The summed E-state index contributed by atoms with van der Waals surface area (Å²) in [7, 11) is -11.3. The fourth-order valence-corrected chi connectivity index (χ4v) is 10.6. The van der Waals surface area contributed by atoms with E-state index < -0.39 is 120 Å². The number of ketones is 1. The van der Waals surface area contributed by atoms with Crippen LogP contribution >= 0.6 is 15.6 Å². The molecule has 0 saturated carbocycles. The zero-order valence-corrected chi connectivity index (χ0v) is 44.4. The lowest BCUT2D eigenvalue weighted by Crippen LogP contribution is -2.51. The van der Waals surface area contributed by atoms with Crippen LogP contribution in [0, 0.1) is 11.8 Å². The third-order valence-corrected chi connectivity index (χ3v) is 15.2. The van der Waals surface area contributed by atoms with E-state index >= 15 is 0 Å². The van der Waals surface area contributed by atoms with Crippen LogP contribution in [0.5, 0.6) is 0 Å². The zero-order valence-electron chi connectivity index (χ0n) is 42.6. The molecule has 3 heterocycles. The maximum Gasteiger partial charge on any atom is 0.481 e. The quantitative estimate of drug-likeness (QED) is 0.0196. The number of nitrogen functional groups attached to an aromatic ring is 1. The lowest BCUT2D eigenvalue weighted by Gasteiger charge is -2.39. The molecule has 2 fully saturated rings. The number of hydrogen-bond acceptors (Lipinski definition) is 18. The Labute approximate surface area is 429 Å². The molecule has 2 saturated heterocycles. The predicted molar refractivity (Wildman–Crippen MR) is 271 cm³/mol. The largest absolute Gasteiger partial charge is 0.481 e. The van der Waals surface area contributed by atoms with Gasteiger partial charge >= 0.3 is 33.3 Å². The second-order valence-corrected chi connectivity index (χ2v) is 21.9. The van der Waals surface area contributed by atoms with Gasteiger partial charge in [-0.3, -0.25) is 28.0 Å². The molecular weight excluding hydrogens is 993 g/mol. The van der Waals surface area contributed by atoms with Gasteiger partial charge < -0.3 is 50.2 Å². The van der Waals surface area contributed by atoms with Gasteiger partial charge in [0.25, 0.3) is 0 Å². The molecule has 11 atom stereocenters. The van der Waals surface area contributed by atoms with E-state index in [1.165, 1.54) is 50.1 Å². The summed E-state index contributed by atoms with van der Waals surface area (Å²) in [5.74, 6) is -5.07. The van der Waals surface area contributed by atoms with Gasteiger partial charge in [0.05, 0.1) is 37.4 Å². The molecule has 2 unspecified atom stereocenters. The lowest BCUT2D eigenvalue weighted by atomic mass is 9.83. The summed E-state index contributed by atoms with van der Waals surface area (Å²) in [5.41, 5.74) is 4.78. The highest BCUT2D eigenvalue weighted by atomic mass is 31.3. The van der Waals surface area contributed by atoms with Crippen molar-refractivity contribution in [1.29, 1.82) is 0 Å². The number of aliphatic hydroxyl groups excluding tert-OH is 4. The summed E-state index contributed by atoms with van der Waals surface area (Å²) in [5, 5.41) is 45.8. The lowest BCUT2D eigenvalue weighted by molar-refractivity contribution is -0.188. The maximum atomic E-state index is 14.0. The third kappa shape index (κ3) is 25.8. The highest BCUT2D eigenvalue weighted by Gasteiger charge is 2.45. The molecule has 23 heteroatoms. The molecule has 73 heavy (non-hydrogen) atoms. The number of unbranched alkanes of at least 4 members (excludes halogenated alkanes) is 11. The molecule has 3 rings (SSSR count). The molecule has 0 aromatic carbocycles. The molecule has 1 aromatic rings. The van der Waals surface area contributed by atoms with Gasteiger partial charge in [-0.1, -0.05) is 127 Å². The molecule has 416 valence electrons. The van der Waals surface area contributed by atoms with E-state index in [4.69, 9.17) is 29.0 Å². The molecule has 0 radical (unpaired) electrons. The number of anilines is 1. The normalized spacial score (nSPS) is 29.5. The summed E-state index contributed by atoms with van der Waals surface area (Å²) < 4.78 is 59.1. The highest BCUT2D eigenvalue weighted by molar-refractivity contribution is 7.61. The number of cyclic esters (lactones) is 1. The number of aromatic nitrogens is 2. The van der Waals surface area contributed by atoms with Crippen LogP contribution in [0.2, 0.25) is 0 Å². The monoisotopic (exact) mass is 1080 g/mol. The standard InChI is InChI=1S/C50H83N3O18P2/c1-3-5-7-8-9-10-11-12-13-14-15-16-17-18-24-28-46(58)69-38-34-66-45(57)27-23-20-19-22-26-40-42(56)33-41(55)39(30-29-37(54)25-21-6-4-2)47(59)48(60)43(36-68-73(64,65)71-72(62,63)67-35-38)70-49(40)53-32-31-44(51)52-50(53)61/h10-13,29-32,37-40,42-43,47-49,54,56,59-60H,3-9,14-28,33-36H2,1-2H3,(H,62,63)(H,64,65)(H2,51,52,61)/b11-10-,13-12-,30-29+/t37-,38+,39-,40-,42-,43+,47-,48+,49+/m0/s1. The van der Waals surface area contributed by atoms with Crippen molar-refractivity contribution in [3.8, 4) is 0 Å². The number of carbonyl (C=O) groups excluding carboxylic acids is 3. The average Bonchev–Trinajstić information content (AvgIpc) is 3.33. The summed E-state index contributed by atoms with van der Waals surface area (Å²) in [6.07, 6.45) is 14.8. The predicted octanol–water partition coefficient (Wildman–Crippen LogP) is 7.37. The highest BCUT2D eigenvalue weighted by Crippen LogP contribution is 2.60. The van der Waals surface area contributed by atoms with Crippen molar-refractivity contribution in [1.82, 2.24) is 9.55 Å². The first-order chi connectivity index (χ1) is 34.9. The van der Waals surface area contributed by atoms with Crippen molar-refractivity contribution in [2.45, 2.75) is 204 Å². The van der Waals surface area contributed by atoms with E-state index in [2.05, 4.69) is 40.5 Å². The Balaban J connectivity index is 1.80. The number of fused-ring (bicyclic) bond motifs is 3. The van der Waals surface area contributed by atoms with Crippen LogP contribution in [0.4, 0.5) is 5.82 Å². The van der Waals surface area contributed by atoms with Gasteiger partial charge in [0.15, 0.2) is 6.10 Å². The number of aliphatic hydroxyl groups is 4. The molecule has 8 N–H and O–H groups in total. The minimum atomic E-state index is -5.72. The molecule has 21 nitrogen and oxygen atoms in total. The van der Waals surface area contributed by atoms with Crippen molar-refractivity contribution < 1.29 is 81.3 Å². The van der Waals surface area contributed by atoms with Gasteiger partial charge in [0.1, 0.15) is 36.6 Å². The fraction of sp³-hybridized carbons (Fsp3) is 0.740. The minimum absolute atomic E-state index is 0.0153. The number of rotatable bonds is 22. The Morgan fingerprint density at radius 3 is 2.16 bits per heavy atom. The van der Waals surface area contributed by atoms with E-state index in [1.54, 1.807) is 0 Å². The number of allylic oxidation sites excluding steroid dienone is 4. The van der Waals surface area contributed by atoms with Gasteiger partial charge in [-0.15, -0.1) is 0 Å². The van der Waals surface area contributed by atoms with Crippen molar-refractivity contribution >= 4 is 39.2 Å². The van der Waals surface area contributed by atoms with Gasteiger partial charge in [-0.25, -0.2) is 13.9 Å². The van der Waals surface area contributed by atoms with Crippen LogP contribution in [0.3, 0.4) is 0 Å². The number of phosphoric acid groups is 2. The molecule has 2 bridgehead atoms. The molecule has 0 amide bonds. The molecule has 2 aliphatic heterocycles. The first kappa shape index (κ1) is 63.9. The number of nitrogens with two attached hydrogens (primary N) is 1. The van der Waals surface area contributed by atoms with Crippen LogP contribution in [0.15, 0.2) is 53.5 Å². The second-order valence-electron chi connectivity index (χ2n) is 18.8.